The highest BCUT2D eigenvalue weighted by Gasteiger charge is 2.48. The number of aromatic hydroxyl groups is 1. The molecular weight excluding hydrogens is 610 g/mol. The molecule has 10 rings (SSSR count). The Kier molecular flexibility index (Phi) is 7.03. The van der Waals surface area contributed by atoms with Crippen LogP contribution in [0.25, 0.3) is 32.9 Å². The molecule has 3 saturated heterocycles. The fourth-order valence-electron chi connectivity index (χ4n) is 9.12. The van der Waals surface area contributed by atoms with Crippen LogP contribution in [0.5, 0.6) is 11.8 Å². The molecule has 48 heavy (non-hydrogen) atoms. The van der Waals surface area contributed by atoms with Gasteiger partial charge in [-0.25, -0.2) is 13.8 Å². The largest absolute Gasteiger partial charge is 0.508 e. The number of fused-ring (bicyclic) bond motifs is 5. The predicted octanol–water partition coefficient (Wildman–Crippen LogP) is 5.81. The van der Waals surface area contributed by atoms with Crippen LogP contribution in [0.4, 0.5) is 14.6 Å². The Morgan fingerprint density at radius 1 is 1.10 bits per heavy atom. The number of pyridine rings is 1. The number of phenolic OH excluding ortho intramolecular Hbond substituents is 1. The van der Waals surface area contributed by atoms with Crippen molar-refractivity contribution in [2.45, 2.75) is 64.0 Å². The molecule has 0 radical (unpaired) electrons. The molecule has 8 nitrogen and oxygen atoms in total. The number of hydrogen-bond acceptors (Lipinski definition) is 8. The summed E-state index contributed by atoms with van der Waals surface area (Å²) in [6, 6.07) is 6.24. The van der Waals surface area contributed by atoms with Crippen LogP contribution >= 0.6 is 0 Å². The van der Waals surface area contributed by atoms with Gasteiger partial charge >= 0.3 is 6.01 Å². The molecule has 5 fully saturated rings. The fourth-order valence-corrected chi connectivity index (χ4v) is 9.12. The second-order valence-electron chi connectivity index (χ2n) is 14.9. The summed E-state index contributed by atoms with van der Waals surface area (Å²) in [4.78, 5) is 19.6. The van der Waals surface area contributed by atoms with E-state index in [9.17, 15) is 5.11 Å². The van der Waals surface area contributed by atoms with Crippen LogP contribution in [-0.4, -0.2) is 76.4 Å². The van der Waals surface area contributed by atoms with Crippen LogP contribution < -0.4 is 15.0 Å². The summed E-state index contributed by atoms with van der Waals surface area (Å²) in [6.07, 6.45) is 13.0. The third-order valence-electron chi connectivity index (χ3n) is 11.7. The first-order valence-electron chi connectivity index (χ1n) is 17.5. The Labute approximate surface area is 278 Å². The molecule has 248 valence electrons. The van der Waals surface area contributed by atoms with Crippen LogP contribution in [0.15, 0.2) is 24.3 Å². The fraction of sp³-hybridized carbons (Fsp3) is 0.500. The quantitative estimate of drug-likeness (QED) is 0.243. The van der Waals surface area contributed by atoms with Crippen molar-refractivity contribution in [3.8, 4) is 35.4 Å². The first-order valence-corrected chi connectivity index (χ1v) is 17.5. The van der Waals surface area contributed by atoms with Crippen molar-refractivity contribution in [1.82, 2.24) is 25.2 Å². The molecular formula is C38H40F2N6O2. The Hall–Kier alpha value is -4.07. The molecule has 0 amide bonds. The minimum Gasteiger partial charge on any atom is -0.508 e. The number of halogens is 2. The minimum atomic E-state index is -0.671. The van der Waals surface area contributed by atoms with Crippen molar-refractivity contribution >= 4 is 27.5 Å². The van der Waals surface area contributed by atoms with Crippen LogP contribution in [0.3, 0.4) is 0 Å². The molecule has 0 unspecified atom stereocenters. The molecule has 2 saturated carbocycles. The van der Waals surface area contributed by atoms with Crippen LogP contribution in [-0.2, 0) is 6.42 Å². The normalized spacial score (nSPS) is 25.7. The highest BCUT2D eigenvalue weighted by molar-refractivity contribution is 6.03. The highest BCUT2D eigenvalue weighted by atomic mass is 19.1. The second kappa shape index (κ2) is 11.2. The lowest BCUT2D eigenvalue weighted by molar-refractivity contribution is 0.0100. The topological polar surface area (TPSA) is 86.6 Å². The molecule has 2 aliphatic carbocycles. The summed E-state index contributed by atoms with van der Waals surface area (Å²) in [6.45, 7) is 7.54. The smallest absolute Gasteiger partial charge is 0.319 e. The second-order valence-corrected chi connectivity index (χ2v) is 14.9. The van der Waals surface area contributed by atoms with E-state index < -0.39 is 11.6 Å². The molecule has 2 aromatic heterocycles. The van der Waals surface area contributed by atoms with Crippen molar-refractivity contribution < 1.29 is 18.6 Å². The van der Waals surface area contributed by atoms with Crippen LogP contribution in [0, 0.1) is 41.2 Å². The molecule has 0 spiro atoms. The number of benzene rings is 2. The summed E-state index contributed by atoms with van der Waals surface area (Å²) in [7, 11) is 0. The van der Waals surface area contributed by atoms with Gasteiger partial charge in [0.15, 0.2) is 5.82 Å². The van der Waals surface area contributed by atoms with Crippen molar-refractivity contribution in [3.63, 3.8) is 0 Å². The zero-order valence-electron chi connectivity index (χ0n) is 27.2. The molecule has 2 atom stereocenters. The van der Waals surface area contributed by atoms with E-state index in [2.05, 4.69) is 28.0 Å². The van der Waals surface area contributed by atoms with Gasteiger partial charge in [0.1, 0.15) is 28.6 Å². The molecule has 4 aromatic rings. The van der Waals surface area contributed by atoms with Gasteiger partial charge in [-0.1, -0.05) is 18.9 Å². The summed E-state index contributed by atoms with van der Waals surface area (Å²) in [5.41, 5.74) is 1.07. The van der Waals surface area contributed by atoms with Gasteiger partial charge in [-0.05, 0) is 80.4 Å². The number of piperidine rings is 2. The molecule has 2 N–H and O–H groups in total. The number of terminal acetylenes is 1. The van der Waals surface area contributed by atoms with Crippen molar-refractivity contribution in [3.05, 3.63) is 47.2 Å². The van der Waals surface area contributed by atoms with E-state index in [1.807, 2.05) is 0 Å². The predicted molar refractivity (Wildman–Crippen MR) is 181 cm³/mol. The zero-order chi connectivity index (χ0) is 32.7. The first-order chi connectivity index (χ1) is 23.3. The standard InChI is InChI=1S/C38H40F2N6O2/c1-3-25-27(39)6-5-23-15-24(47)16-26(31(23)25)34-33(40)35-32-29(42-34)7-8-30-28(4-2)41-11-12-46(30)36(32)44-37(43-35)48-20-38(9-10-38)19-45-17-21-13-22(14-21)18-45/h1,5-6,15-16,21-22,28,30,41,47H,4,7-14,17-20H2,2H3/t21?,22?,28-,30+/m0/s1. The number of aryl methyl sites for hydroxylation is 1. The minimum absolute atomic E-state index is 0.00297. The number of phenols is 1. The molecule has 2 aromatic carbocycles. The number of rotatable bonds is 7. The van der Waals surface area contributed by atoms with Gasteiger partial charge < -0.3 is 25.0 Å². The van der Waals surface area contributed by atoms with Crippen molar-refractivity contribution in [2.75, 3.05) is 44.2 Å². The SMILES string of the molecule is C#Cc1c(F)ccc2cc(O)cc(-c3nc4c5c(nc(OCC6(CN7CC8CC(C8)C7)CC6)nc5c3F)N3CCN[C@@H](CC)[C@H]3CC4)c12. The van der Waals surface area contributed by atoms with Crippen molar-refractivity contribution in [2.24, 2.45) is 17.3 Å². The van der Waals surface area contributed by atoms with Crippen molar-refractivity contribution in [1.29, 1.82) is 0 Å². The lowest BCUT2D eigenvalue weighted by atomic mass is 9.71. The van der Waals surface area contributed by atoms with Gasteiger partial charge in [0.25, 0.3) is 0 Å². The number of ether oxygens (including phenoxy) is 1. The summed E-state index contributed by atoms with van der Waals surface area (Å²) in [5, 5.41) is 15.8. The number of aromatic nitrogens is 3. The number of nitrogens with zero attached hydrogens (tertiary/aromatic N) is 5. The van der Waals surface area contributed by atoms with E-state index in [1.165, 1.54) is 50.2 Å². The van der Waals surface area contributed by atoms with Gasteiger partial charge in [0.05, 0.1) is 23.3 Å². The van der Waals surface area contributed by atoms with Gasteiger partial charge in [0.2, 0.25) is 0 Å². The Balaban J connectivity index is 1.17. The number of hydrogen-bond donors (Lipinski definition) is 2. The molecule has 4 aliphatic heterocycles. The zero-order valence-corrected chi connectivity index (χ0v) is 27.2. The van der Waals surface area contributed by atoms with Gasteiger partial charge in [-0.15, -0.1) is 6.42 Å². The highest BCUT2D eigenvalue weighted by Crippen LogP contribution is 2.49. The molecule has 6 aliphatic rings. The van der Waals surface area contributed by atoms with Crippen LogP contribution in [0.1, 0.15) is 56.7 Å². The lowest BCUT2D eigenvalue weighted by Gasteiger charge is -2.48. The Morgan fingerprint density at radius 3 is 2.67 bits per heavy atom. The monoisotopic (exact) mass is 650 g/mol. The van der Waals surface area contributed by atoms with Crippen LogP contribution in [0.2, 0.25) is 0 Å². The average molecular weight is 651 g/mol. The molecule has 10 heteroatoms. The lowest BCUT2D eigenvalue weighted by Crippen LogP contribution is -2.58. The van der Waals surface area contributed by atoms with Gasteiger partial charge in [-0.2, -0.15) is 9.97 Å². The van der Waals surface area contributed by atoms with E-state index in [4.69, 9.17) is 26.1 Å². The first kappa shape index (κ1) is 30.0. The van der Waals surface area contributed by atoms with E-state index in [0.29, 0.717) is 40.7 Å². The number of nitrogens with one attached hydrogen (secondary N) is 1. The average Bonchev–Trinajstić information content (AvgIpc) is 3.87. The van der Waals surface area contributed by atoms with E-state index in [-0.39, 0.29) is 51.6 Å². The van der Waals surface area contributed by atoms with Gasteiger partial charge in [-0.3, -0.25) is 0 Å². The maximum atomic E-state index is 17.1. The van der Waals surface area contributed by atoms with Gasteiger partial charge in [0, 0.05) is 61.2 Å². The van der Waals surface area contributed by atoms with E-state index in [0.717, 1.165) is 57.2 Å². The van der Waals surface area contributed by atoms with E-state index >= 15 is 8.78 Å². The third kappa shape index (κ3) is 4.88. The molecule has 2 bridgehead atoms. The number of piperazine rings is 1. The maximum Gasteiger partial charge on any atom is 0.319 e. The summed E-state index contributed by atoms with van der Waals surface area (Å²) >= 11 is 0. The molecule has 6 heterocycles. The Morgan fingerprint density at radius 2 is 1.92 bits per heavy atom. The maximum absolute atomic E-state index is 17.1. The Bertz CT molecular complexity index is 1990. The number of anilines is 1. The third-order valence-corrected chi connectivity index (χ3v) is 11.7. The summed E-state index contributed by atoms with van der Waals surface area (Å²) < 4.78 is 38.6. The summed E-state index contributed by atoms with van der Waals surface area (Å²) in [5.74, 6) is 3.42. The van der Waals surface area contributed by atoms with E-state index in [1.54, 1.807) is 0 Å².